The number of nitrogens with zero attached hydrogens (tertiary/aromatic N) is 5. The van der Waals surface area contributed by atoms with Gasteiger partial charge in [0.25, 0.3) is 0 Å². The maximum atomic E-state index is 8.86. The predicted molar refractivity (Wildman–Crippen MR) is 92.0 cm³/mol. The molecule has 0 aromatic carbocycles. The van der Waals surface area contributed by atoms with E-state index in [-0.39, 0.29) is 5.41 Å². The van der Waals surface area contributed by atoms with Gasteiger partial charge in [-0.1, -0.05) is 0 Å². The van der Waals surface area contributed by atoms with E-state index in [1.165, 1.54) is 12.5 Å². The van der Waals surface area contributed by atoms with E-state index in [0.717, 1.165) is 18.9 Å². The number of fused-ring (bicyclic) bond motifs is 1. The van der Waals surface area contributed by atoms with Crippen molar-refractivity contribution in [3.63, 3.8) is 0 Å². The molecule has 0 spiro atoms. The number of hydrogen-bond acceptors (Lipinski definition) is 8. The number of anilines is 1. The third-order valence-corrected chi connectivity index (χ3v) is 5.05. The van der Waals surface area contributed by atoms with Crippen LogP contribution in [0.15, 0.2) is 30.7 Å². The molecule has 26 heavy (non-hydrogen) atoms. The van der Waals surface area contributed by atoms with Gasteiger partial charge in [-0.2, -0.15) is 5.26 Å². The Morgan fingerprint density at radius 1 is 1.35 bits per heavy atom. The van der Waals surface area contributed by atoms with E-state index >= 15 is 0 Å². The predicted octanol–water partition coefficient (Wildman–Crippen LogP) is 1.28. The quantitative estimate of drug-likeness (QED) is 0.794. The maximum Gasteiger partial charge on any atom is 0.218 e. The molecule has 4 heterocycles. The van der Waals surface area contributed by atoms with Gasteiger partial charge >= 0.3 is 0 Å². The summed E-state index contributed by atoms with van der Waals surface area (Å²) in [4.78, 5) is 14.9. The zero-order valence-electron chi connectivity index (χ0n) is 14.5. The minimum atomic E-state index is -0.103. The molecule has 0 unspecified atom stereocenters. The van der Waals surface area contributed by atoms with Crippen LogP contribution in [0.25, 0.3) is 0 Å². The van der Waals surface area contributed by atoms with Crippen LogP contribution in [0.3, 0.4) is 0 Å². The highest BCUT2D eigenvalue weighted by Gasteiger charge is 2.51. The summed E-state index contributed by atoms with van der Waals surface area (Å²) in [7, 11) is 1.60. The Morgan fingerprint density at radius 3 is 3.04 bits per heavy atom. The zero-order valence-corrected chi connectivity index (χ0v) is 14.5. The average Bonchev–Trinajstić information content (AvgIpc) is 3.24. The van der Waals surface area contributed by atoms with E-state index in [9.17, 15) is 0 Å². The van der Waals surface area contributed by atoms with Crippen molar-refractivity contribution >= 4 is 5.82 Å². The minimum absolute atomic E-state index is 0.103. The number of nitriles is 1. The topological polar surface area (TPSA) is 93.4 Å². The molecule has 0 amide bonds. The first-order chi connectivity index (χ1) is 12.7. The van der Waals surface area contributed by atoms with Crippen LogP contribution < -0.4 is 14.4 Å². The van der Waals surface area contributed by atoms with E-state index in [2.05, 4.69) is 25.9 Å². The van der Waals surface area contributed by atoms with Gasteiger partial charge in [0, 0.05) is 37.3 Å². The Hall–Kier alpha value is -2.92. The normalized spacial score (nSPS) is 24.2. The van der Waals surface area contributed by atoms with Crippen LogP contribution in [0.4, 0.5) is 5.82 Å². The van der Waals surface area contributed by atoms with Crippen molar-refractivity contribution in [2.24, 2.45) is 11.3 Å². The van der Waals surface area contributed by atoms with Crippen LogP contribution in [0.1, 0.15) is 5.56 Å². The third kappa shape index (κ3) is 3.02. The highest BCUT2D eigenvalue weighted by Crippen LogP contribution is 2.43. The molecule has 8 nitrogen and oxygen atoms in total. The molecule has 2 atom stereocenters. The molecular formula is C18H19N5O3. The molecule has 2 fully saturated rings. The summed E-state index contributed by atoms with van der Waals surface area (Å²) in [5.41, 5.74) is 0.413. The molecule has 0 radical (unpaired) electrons. The second-order valence-corrected chi connectivity index (χ2v) is 6.66. The molecule has 0 aliphatic carbocycles. The Labute approximate surface area is 151 Å². The van der Waals surface area contributed by atoms with E-state index < -0.39 is 0 Å². The highest BCUT2D eigenvalue weighted by molar-refractivity contribution is 5.43. The summed E-state index contributed by atoms with van der Waals surface area (Å²) < 4.78 is 16.9. The van der Waals surface area contributed by atoms with Crippen molar-refractivity contribution in [1.82, 2.24) is 15.0 Å². The standard InChI is InChI=1S/C18H19N5O3/c1-24-17-4-15(21-12-22-17)23-7-14-8-25-10-18(14,9-23)11-26-16-3-2-13(5-19)6-20-16/h2-4,6,12,14H,7-11H2,1H3/t14-,18+/m1/s1. The van der Waals surface area contributed by atoms with E-state index in [0.29, 0.717) is 43.1 Å². The average molecular weight is 353 g/mol. The molecule has 0 saturated carbocycles. The molecule has 0 bridgehead atoms. The molecule has 8 heteroatoms. The fourth-order valence-corrected chi connectivity index (χ4v) is 3.57. The van der Waals surface area contributed by atoms with Crippen molar-refractivity contribution in [3.05, 3.63) is 36.3 Å². The van der Waals surface area contributed by atoms with Crippen molar-refractivity contribution in [2.45, 2.75) is 0 Å². The lowest BCUT2D eigenvalue weighted by Gasteiger charge is -2.27. The number of rotatable bonds is 5. The fourth-order valence-electron chi connectivity index (χ4n) is 3.57. The van der Waals surface area contributed by atoms with Crippen LogP contribution in [0.5, 0.6) is 11.8 Å². The van der Waals surface area contributed by atoms with Gasteiger partial charge in [-0.3, -0.25) is 0 Å². The van der Waals surface area contributed by atoms with Crippen LogP contribution in [0.2, 0.25) is 0 Å². The molecule has 2 saturated heterocycles. The third-order valence-electron chi connectivity index (χ3n) is 5.05. The first-order valence-corrected chi connectivity index (χ1v) is 8.40. The lowest BCUT2D eigenvalue weighted by Crippen LogP contribution is -2.37. The smallest absolute Gasteiger partial charge is 0.218 e. The Balaban J connectivity index is 1.48. The van der Waals surface area contributed by atoms with Crippen molar-refractivity contribution in [2.75, 3.05) is 44.9 Å². The summed E-state index contributed by atoms with van der Waals surface area (Å²) in [5.74, 6) is 2.28. The lowest BCUT2D eigenvalue weighted by molar-refractivity contribution is 0.108. The second-order valence-electron chi connectivity index (χ2n) is 6.66. The highest BCUT2D eigenvalue weighted by atomic mass is 16.5. The zero-order chi connectivity index (χ0) is 18.0. The molecule has 2 aromatic heterocycles. The summed E-state index contributed by atoms with van der Waals surface area (Å²) in [6.07, 6.45) is 3.03. The summed E-state index contributed by atoms with van der Waals surface area (Å²) in [5, 5.41) is 8.86. The van der Waals surface area contributed by atoms with Gasteiger partial charge in [-0.05, 0) is 6.07 Å². The Kier molecular flexibility index (Phi) is 4.31. The van der Waals surface area contributed by atoms with Gasteiger partial charge < -0.3 is 19.1 Å². The molecule has 4 rings (SSSR count). The number of pyridine rings is 1. The second kappa shape index (κ2) is 6.77. The summed E-state index contributed by atoms with van der Waals surface area (Å²) >= 11 is 0. The molecule has 134 valence electrons. The molecular weight excluding hydrogens is 334 g/mol. The minimum Gasteiger partial charge on any atom is -0.481 e. The number of methoxy groups -OCH3 is 1. The van der Waals surface area contributed by atoms with Gasteiger partial charge in [0.05, 0.1) is 37.9 Å². The SMILES string of the molecule is COc1cc(N2C[C@@H]3COC[C@]3(COc3ccc(C#N)cn3)C2)ncn1. The van der Waals surface area contributed by atoms with Gasteiger partial charge in [0.15, 0.2) is 0 Å². The Morgan fingerprint density at radius 2 is 2.27 bits per heavy atom. The first-order valence-electron chi connectivity index (χ1n) is 8.40. The van der Waals surface area contributed by atoms with Gasteiger partial charge in [-0.25, -0.2) is 15.0 Å². The summed E-state index contributed by atoms with van der Waals surface area (Å²) in [6.45, 7) is 3.50. The lowest BCUT2D eigenvalue weighted by atomic mass is 9.82. The van der Waals surface area contributed by atoms with Crippen LogP contribution in [-0.4, -0.2) is 55.0 Å². The fraction of sp³-hybridized carbons (Fsp3) is 0.444. The largest absolute Gasteiger partial charge is 0.481 e. The molecule has 2 aliphatic rings. The number of hydrogen-bond donors (Lipinski definition) is 0. The van der Waals surface area contributed by atoms with Gasteiger partial charge in [0.1, 0.15) is 18.2 Å². The van der Waals surface area contributed by atoms with E-state index in [4.69, 9.17) is 19.5 Å². The van der Waals surface area contributed by atoms with E-state index in [1.54, 1.807) is 19.2 Å². The summed E-state index contributed by atoms with van der Waals surface area (Å²) in [6, 6.07) is 7.33. The van der Waals surface area contributed by atoms with Crippen molar-refractivity contribution in [1.29, 1.82) is 5.26 Å². The van der Waals surface area contributed by atoms with Crippen LogP contribution in [0, 0.1) is 22.7 Å². The number of aromatic nitrogens is 3. The van der Waals surface area contributed by atoms with Crippen LogP contribution in [-0.2, 0) is 4.74 Å². The van der Waals surface area contributed by atoms with Crippen molar-refractivity contribution in [3.8, 4) is 17.8 Å². The number of ether oxygens (including phenoxy) is 3. The molecule has 2 aliphatic heterocycles. The monoisotopic (exact) mass is 353 g/mol. The maximum absolute atomic E-state index is 8.86. The van der Waals surface area contributed by atoms with Crippen LogP contribution >= 0.6 is 0 Å². The first kappa shape index (κ1) is 16.5. The molecule has 2 aromatic rings. The van der Waals surface area contributed by atoms with Gasteiger partial charge in [0.2, 0.25) is 11.8 Å². The molecule has 0 N–H and O–H groups in total. The Bertz CT molecular complexity index is 822. The van der Waals surface area contributed by atoms with Crippen molar-refractivity contribution < 1.29 is 14.2 Å². The van der Waals surface area contributed by atoms with Gasteiger partial charge in [-0.15, -0.1) is 0 Å². The van der Waals surface area contributed by atoms with E-state index in [1.807, 2.05) is 6.07 Å².